The minimum Gasteiger partial charge on any atom is -0.395 e. The molecule has 0 atom stereocenters. The highest BCUT2D eigenvalue weighted by Gasteiger charge is 2.17. The van der Waals surface area contributed by atoms with Gasteiger partial charge in [0.25, 0.3) is 0 Å². The molecule has 1 aliphatic carbocycles. The Morgan fingerprint density at radius 3 is 2.56 bits per heavy atom. The van der Waals surface area contributed by atoms with Crippen LogP contribution in [-0.2, 0) is 4.79 Å². The Bertz CT molecular complexity index is 278. The lowest BCUT2D eigenvalue weighted by molar-refractivity contribution is -0.120. The molecule has 0 aromatic heterocycles. The number of aliphatic hydroxyl groups excluding tert-OH is 1. The van der Waals surface area contributed by atoms with Crippen molar-refractivity contribution in [3.8, 4) is 0 Å². The molecule has 0 radical (unpaired) electrons. The smallest absolute Gasteiger partial charge is 0.321 e. The molecule has 6 heteroatoms. The summed E-state index contributed by atoms with van der Waals surface area (Å²) in [5.74, 6) is -0.348. The Morgan fingerprint density at radius 2 is 1.94 bits per heavy atom. The number of imide groups is 1. The van der Waals surface area contributed by atoms with E-state index in [1.807, 2.05) is 0 Å². The third-order valence-corrected chi connectivity index (χ3v) is 3.09. The van der Waals surface area contributed by atoms with Crippen LogP contribution in [0, 0.1) is 0 Å². The first kappa shape index (κ1) is 14.9. The number of carbonyl (C=O) groups is 2. The van der Waals surface area contributed by atoms with Crippen LogP contribution in [0.1, 0.15) is 32.1 Å². The van der Waals surface area contributed by atoms with Gasteiger partial charge in [-0.15, -0.1) is 0 Å². The molecule has 0 aliphatic heterocycles. The van der Waals surface area contributed by atoms with Gasteiger partial charge in [0.05, 0.1) is 13.2 Å². The fraction of sp³-hybridized carbons (Fsp3) is 0.833. The molecule has 3 N–H and O–H groups in total. The Morgan fingerprint density at radius 1 is 1.28 bits per heavy atom. The predicted molar refractivity (Wildman–Crippen MR) is 68.1 cm³/mol. The summed E-state index contributed by atoms with van der Waals surface area (Å²) in [5, 5.41) is 13.8. The lowest BCUT2D eigenvalue weighted by Gasteiger charge is -2.23. The molecule has 1 aliphatic rings. The topological polar surface area (TPSA) is 81.7 Å². The zero-order valence-corrected chi connectivity index (χ0v) is 10.9. The van der Waals surface area contributed by atoms with Crippen molar-refractivity contribution in [2.75, 3.05) is 26.7 Å². The maximum Gasteiger partial charge on any atom is 0.321 e. The van der Waals surface area contributed by atoms with Gasteiger partial charge in [0.15, 0.2) is 0 Å². The zero-order chi connectivity index (χ0) is 13.4. The van der Waals surface area contributed by atoms with Crippen LogP contribution in [0.3, 0.4) is 0 Å². The van der Waals surface area contributed by atoms with Crippen LogP contribution < -0.4 is 10.6 Å². The third-order valence-electron chi connectivity index (χ3n) is 3.09. The fourth-order valence-electron chi connectivity index (χ4n) is 2.13. The number of hydrogen-bond donors (Lipinski definition) is 3. The van der Waals surface area contributed by atoms with E-state index in [1.165, 1.54) is 6.42 Å². The molecule has 0 aromatic carbocycles. The Labute approximate surface area is 108 Å². The van der Waals surface area contributed by atoms with Crippen molar-refractivity contribution in [3.05, 3.63) is 0 Å². The van der Waals surface area contributed by atoms with Crippen LogP contribution in [0.2, 0.25) is 0 Å². The molecule has 0 saturated heterocycles. The van der Waals surface area contributed by atoms with Crippen molar-refractivity contribution < 1.29 is 14.7 Å². The van der Waals surface area contributed by atoms with Gasteiger partial charge in [-0.1, -0.05) is 19.3 Å². The molecule has 0 spiro atoms. The van der Waals surface area contributed by atoms with Crippen molar-refractivity contribution in [1.82, 2.24) is 15.5 Å². The molecule has 104 valence electrons. The second-order valence-electron chi connectivity index (χ2n) is 4.82. The second-order valence-corrected chi connectivity index (χ2v) is 4.82. The number of aliphatic hydroxyl groups is 1. The Balaban J connectivity index is 2.20. The molecule has 1 saturated carbocycles. The summed E-state index contributed by atoms with van der Waals surface area (Å²) >= 11 is 0. The van der Waals surface area contributed by atoms with E-state index in [2.05, 4.69) is 10.6 Å². The second kappa shape index (κ2) is 8.05. The molecule has 1 rings (SSSR count). The number of urea groups is 1. The fourth-order valence-corrected chi connectivity index (χ4v) is 2.13. The lowest BCUT2D eigenvalue weighted by atomic mass is 9.96. The standard InChI is InChI=1S/C12H23N3O3/c1-15(7-8-16)9-11(17)14-12(18)13-10-5-3-2-4-6-10/h10,16H,2-9H2,1H3,(H2,13,14,17,18). The summed E-state index contributed by atoms with van der Waals surface area (Å²) < 4.78 is 0. The van der Waals surface area contributed by atoms with Gasteiger partial charge < -0.3 is 10.4 Å². The van der Waals surface area contributed by atoms with Gasteiger partial charge in [-0.3, -0.25) is 15.0 Å². The van der Waals surface area contributed by atoms with Crippen LogP contribution in [0.4, 0.5) is 4.79 Å². The maximum atomic E-state index is 11.6. The van der Waals surface area contributed by atoms with Crippen molar-refractivity contribution in [3.63, 3.8) is 0 Å². The number of rotatable bonds is 5. The number of nitrogens with zero attached hydrogens (tertiary/aromatic N) is 1. The molecule has 1 fully saturated rings. The minimum atomic E-state index is -0.413. The number of carbonyl (C=O) groups excluding carboxylic acids is 2. The normalized spacial score (nSPS) is 16.6. The zero-order valence-electron chi connectivity index (χ0n) is 10.9. The lowest BCUT2D eigenvalue weighted by Crippen LogP contribution is -2.47. The summed E-state index contributed by atoms with van der Waals surface area (Å²) in [6, 6.07) is -0.217. The molecule has 3 amide bonds. The van der Waals surface area contributed by atoms with E-state index in [0.29, 0.717) is 6.54 Å². The number of nitrogens with one attached hydrogen (secondary N) is 2. The van der Waals surface area contributed by atoms with Crippen molar-refractivity contribution in [1.29, 1.82) is 0 Å². The number of likely N-dealkylation sites (N-methyl/N-ethyl adjacent to an activating group) is 1. The molecule has 0 aromatic rings. The van der Waals surface area contributed by atoms with Crippen LogP contribution in [-0.4, -0.2) is 54.7 Å². The van der Waals surface area contributed by atoms with Crippen LogP contribution in [0.15, 0.2) is 0 Å². The van der Waals surface area contributed by atoms with E-state index in [4.69, 9.17) is 5.11 Å². The van der Waals surface area contributed by atoms with E-state index in [-0.39, 0.29) is 25.1 Å². The summed E-state index contributed by atoms with van der Waals surface area (Å²) in [7, 11) is 1.72. The van der Waals surface area contributed by atoms with Gasteiger partial charge in [-0.2, -0.15) is 0 Å². The molecule has 0 unspecified atom stereocenters. The van der Waals surface area contributed by atoms with Crippen LogP contribution in [0.5, 0.6) is 0 Å². The average Bonchev–Trinajstić information content (AvgIpc) is 2.29. The first-order chi connectivity index (χ1) is 8.61. The first-order valence-electron chi connectivity index (χ1n) is 6.51. The van der Waals surface area contributed by atoms with Gasteiger partial charge in [0, 0.05) is 12.6 Å². The van der Waals surface area contributed by atoms with Gasteiger partial charge in [0.1, 0.15) is 0 Å². The van der Waals surface area contributed by atoms with Crippen LogP contribution in [0.25, 0.3) is 0 Å². The highest BCUT2D eigenvalue weighted by molar-refractivity contribution is 5.95. The van der Waals surface area contributed by atoms with Crippen molar-refractivity contribution >= 4 is 11.9 Å². The van der Waals surface area contributed by atoms with E-state index < -0.39 is 6.03 Å². The molecule has 18 heavy (non-hydrogen) atoms. The first-order valence-corrected chi connectivity index (χ1v) is 6.51. The Hall–Kier alpha value is -1.14. The molecular formula is C12H23N3O3. The summed E-state index contributed by atoms with van der Waals surface area (Å²) in [4.78, 5) is 24.7. The van der Waals surface area contributed by atoms with E-state index >= 15 is 0 Å². The van der Waals surface area contributed by atoms with Gasteiger partial charge in [-0.25, -0.2) is 4.79 Å². The predicted octanol–water partition coefficient (Wildman–Crippen LogP) is 0.0690. The van der Waals surface area contributed by atoms with Crippen LogP contribution >= 0.6 is 0 Å². The van der Waals surface area contributed by atoms with E-state index in [9.17, 15) is 9.59 Å². The quantitative estimate of drug-likeness (QED) is 0.651. The summed E-state index contributed by atoms with van der Waals surface area (Å²) in [5.41, 5.74) is 0. The third kappa shape index (κ3) is 5.97. The minimum absolute atomic E-state index is 0.00193. The van der Waals surface area contributed by atoms with E-state index in [1.54, 1.807) is 11.9 Å². The van der Waals surface area contributed by atoms with Crippen molar-refractivity contribution in [2.24, 2.45) is 0 Å². The highest BCUT2D eigenvalue weighted by Crippen LogP contribution is 2.16. The van der Waals surface area contributed by atoms with Crippen molar-refractivity contribution in [2.45, 2.75) is 38.1 Å². The molecule has 0 bridgehead atoms. The molecular weight excluding hydrogens is 234 g/mol. The molecule has 0 heterocycles. The van der Waals surface area contributed by atoms with Gasteiger partial charge in [0.2, 0.25) is 5.91 Å². The molecule has 6 nitrogen and oxygen atoms in total. The highest BCUT2D eigenvalue weighted by atomic mass is 16.3. The van der Waals surface area contributed by atoms with E-state index in [0.717, 1.165) is 25.7 Å². The summed E-state index contributed by atoms with van der Waals surface area (Å²) in [6.07, 6.45) is 5.49. The number of amides is 3. The van der Waals surface area contributed by atoms with Gasteiger partial charge in [-0.05, 0) is 19.9 Å². The maximum absolute atomic E-state index is 11.6. The largest absolute Gasteiger partial charge is 0.395 e. The van der Waals surface area contributed by atoms with Gasteiger partial charge >= 0.3 is 6.03 Å². The SMILES string of the molecule is CN(CCO)CC(=O)NC(=O)NC1CCCCC1. The summed E-state index contributed by atoms with van der Waals surface area (Å²) in [6.45, 7) is 0.522. The Kier molecular flexibility index (Phi) is 6.67. The monoisotopic (exact) mass is 257 g/mol. The average molecular weight is 257 g/mol. The number of hydrogen-bond acceptors (Lipinski definition) is 4.